The van der Waals surface area contributed by atoms with E-state index < -0.39 is 5.60 Å². The van der Waals surface area contributed by atoms with Gasteiger partial charge in [0.05, 0.1) is 12.1 Å². The van der Waals surface area contributed by atoms with Gasteiger partial charge >= 0.3 is 6.09 Å². The highest BCUT2D eigenvalue weighted by Crippen LogP contribution is 2.35. The maximum atomic E-state index is 12.9. The number of piperidine rings is 1. The van der Waals surface area contributed by atoms with Crippen LogP contribution >= 0.6 is 11.8 Å². The molecule has 6 heteroatoms. The van der Waals surface area contributed by atoms with Crippen LogP contribution in [0.4, 0.5) is 4.79 Å². The zero-order chi connectivity index (χ0) is 18.7. The maximum Gasteiger partial charge on any atom is 0.410 e. The number of rotatable bonds is 5. The molecule has 3 rings (SSSR count). The number of ether oxygens (including phenoxy) is 1. The second kappa shape index (κ2) is 7.91. The van der Waals surface area contributed by atoms with E-state index in [9.17, 15) is 9.59 Å². The minimum absolute atomic E-state index is 0.0744. The summed E-state index contributed by atoms with van der Waals surface area (Å²) >= 11 is 1.59. The average molecular weight is 377 g/mol. The lowest BCUT2D eigenvalue weighted by Crippen LogP contribution is -2.49. The van der Waals surface area contributed by atoms with Gasteiger partial charge < -0.3 is 14.5 Å². The molecule has 1 spiro atoms. The third-order valence-corrected chi connectivity index (χ3v) is 6.33. The van der Waals surface area contributed by atoms with Gasteiger partial charge in [-0.05, 0) is 31.7 Å². The lowest BCUT2D eigenvalue weighted by Gasteiger charge is -2.37. The SMILES string of the molecule is CCC[C@H](C)N1CC2(CCN(C(=O)c3ccccc3SC)CC2)OC1=O. The van der Waals surface area contributed by atoms with Gasteiger partial charge in [0.15, 0.2) is 0 Å². The summed E-state index contributed by atoms with van der Waals surface area (Å²) in [7, 11) is 0. The molecule has 1 aromatic carbocycles. The van der Waals surface area contributed by atoms with Crippen molar-refractivity contribution in [2.75, 3.05) is 25.9 Å². The summed E-state index contributed by atoms with van der Waals surface area (Å²) in [5, 5.41) is 0. The summed E-state index contributed by atoms with van der Waals surface area (Å²) < 4.78 is 5.79. The molecule has 2 amide bonds. The van der Waals surface area contributed by atoms with Gasteiger partial charge in [-0.1, -0.05) is 25.5 Å². The van der Waals surface area contributed by atoms with Gasteiger partial charge in [0.1, 0.15) is 5.60 Å². The molecular formula is C20H28N2O3S. The minimum atomic E-state index is -0.422. The predicted molar refractivity (Wildman–Crippen MR) is 104 cm³/mol. The fourth-order valence-electron chi connectivity index (χ4n) is 3.93. The Morgan fingerprint density at radius 2 is 2.00 bits per heavy atom. The van der Waals surface area contributed by atoms with Crippen LogP contribution in [0, 0.1) is 0 Å². The van der Waals surface area contributed by atoms with E-state index >= 15 is 0 Å². The average Bonchev–Trinajstić information content (AvgIpc) is 2.98. The number of hydrogen-bond acceptors (Lipinski definition) is 4. The van der Waals surface area contributed by atoms with Crippen LogP contribution < -0.4 is 0 Å². The van der Waals surface area contributed by atoms with E-state index in [0.29, 0.717) is 32.5 Å². The number of benzene rings is 1. The molecule has 2 fully saturated rings. The Hall–Kier alpha value is -1.69. The van der Waals surface area contributed by atoms with E-state index in [0.717, 1.165) is 23.3 Å². The van der Waals surface area contributed by atoms with Gasteiger partial charge in [0.25, 0.3) is 5.91 Å². The van der Waals surface area contributed by atoms with Crippen molar-refractivity contribution in [1.82, 2.24) is 9.80 Å². The molecule has 2 aliphatic rings. The second-order valence-corrected chi connectivity index (χ2v) is 8.16. The lowest BCUT2D eigenvalue weighted by molar-refractivity contribution is 0.00297. The Bertz CT molecular complexity index is 671. The lowest BCUT2D eigenvalue weighted by atomic mass is 9.90. The summed E-state index contributed by atoms with van der Waals surface area (Å²) in [6.45, 7) is 6.12. The van der Waals surface area contributed by atoms with E-state index in [4.69, 9.17) is 4.74 Å². The van der Waals surface area contributed by atoms with Crippen molar-refractivity contribution in [3.63, 3.8) is 0 Å². The fourth-order valence-corrected chi connectivity index (χ4v) is 4.52. The van der Waals surface area contributed by atoms with Crippen molar-refractivity contribution < 1.29 is 14.3 Å². The number of hydrogen-bond donors (Lipinski definition) is 0. The highest BCUT2D eigenvalue weighted by molar-refractivity contribution is 7.98. The second-order valence-electron chi connectivity index (χ2n) is 7.31. The van der Waals surface area contributed by atoms with Crippen LogP contribution in [-0.4, -0.2) is 59.3 Å². The van der Waals surface area contributed by atoms with E-state index in [1.807, 2.05) is 40.3 Å². The number of likely N-dealkylation sites (tertiary alicyclic amines) is 1. The molecule has 142 valence electrons. The molecule has 1 atom stereocenters. The van der Waals surface area contributed by atoms with Crippen LogP contribution in [0.25, 0.3) is 0 Å². The molecular weight excluding hydrogens is 348 g/mol. The van der Waals surface area contributed by atoms with Gasteiger partial charge in [0, 0.05) is 36.9 Å². The quantitative estimate of drug-likeness (QED) is 0.728. The van der Waals surface area contributed by atoms with Gasteiger partial charge in [-0.25, -0.2) is 4.79 Å². The first-order valence-electron chi connectivity index (χ1n) is 9.41. The third-order valence-electron chi connectivity index (χ3n) is 5.53. The highest BCUT2D eigenvalue weighted by Gasteiger charge is 2.48. The number of amides is 2. The first-order chi connectivity index (χ1) is 12.5. The summed E-state index contributed by atoms with van der Waals surface area (Å²) in [5.74, 6) is 0.0744. The topological polar surface area (TPSA) is 49.9 Å². The molecule has 0 unspecified atom stereocenters. The van der Waals surface area contributed by atoms with Crippen molar-refractivity contribution in [3.8, 4) is 0 Å². The highest BCUT2D eigenvalue weighted by atomic mass is 32.2. The van der Waals surface area contributed by atoms with Crippen molar-refractivity contribution in [2.24, 2.45) is 0 Å². The van der Waals surface area contributed by atoms with Crippen LogP contribution in [0.15, 0.2) is 29.2 Å². The Balaban J connectivity index is 1.64. The summed E-state index contributed by atoms with van der Waals surface area (Å²) in [5.41, 5.74) is 0.340. The summed E-state index contributed by atoms with van der Waals surface area (Å²) in [6, 6.07) is 7.94. The number of nitrogens with zero attached hydrogens (tertiary/aromatic N) is 2. The fraction of sp³-hybridized carbons (Fsp3) is 0.600. The molecule has 0 radical (unpaired) electrons. The summed E-state index contributed by atoms with van der Waals surface area (Å²) in [4.78, 5) is 30.0. The summed E-state index contributed by atoms with van der Waals surface area (Å²) in [6.07, 6.45) is 5.25. The molecule has 2 aliphatic heterocycles. The van der Waals surface area contributed by atoms with Crippen molar-refractivity contribution in [2.45, 2.75) is 56.1 Å². The molecule has 2 saturated heterocycles. The normalized spacial score (nSPS) is 20.3. The Morgan fingerprint density at radius 3 is 2.65 bits per heavy atom. The number of thioether (sulfide) groups is 1. The van der Waals surface area contributed by atoms with Gasteiger partial charge in [-0.15, -0.1) is 11.8 Å². The first-order valence-corrected chi connectivity index (χ1v) is 10.6. The Morgan fingerprint density at radius 1 is 1.31 bits per heavy atom. The van der Waals surface area contributed by atoms with Gasteiger partial charge in [-0.3, -0.25) is 4.79 Å². The number of carbonyl (C=O) groups excluding carboxylic acids is 2. The standard InChI is InChI=1S/C20H28N2O3S/c1-4-7-15(2)22-14-20(25-19(22)24)10-12-21(13-11-20)18(23)16-8-5-6-9-17(16)26-3/h5-6,8-9,15H,4,7,10-14H2,1-3H3/t15-/m0/s1. The third kappa shape index (κ3) is 3.70. The van der Waals surface area contributed by atoms with Crippen LogP contribution in [-0.2, 0) is 4.74 Å². The van der Waals surface area contributed by atoms with Crippen molar-refractivity contribution in [1.29, 1.82) is 0 Å². The van der Waals surface area contributed by atoms with Crippen LogP contribution in [0.3, 0.4) is 0 Å². The van der Waals surface area contributed by atoms with E-state index in [1.165, 1.54) is 0 Å². The molecule has 0 bridgehead atoms. The molecule has 0 saturated carbocycles. The zero-order valence-corrected chi connectivity index (χ0v) is 16.7. The predicted octanol–water partition coefficient (Wildman–Crippen LogP) is 4.02. The van der Waals surface area contributed by atoms with Crippen LogP contribution in [0.2, 0.25) is 0 Å². The molecule has 1 aromatic rings. The zero-order valence-electron chi connectivity index (χ0n) is 15.9. The van der Waals surface area contributed by atoms with E-state index in [-0.39, 0.29) is 18.0 Å². The van der Waals surface area contributed by atoms with Crippen LogP contribution in [0.5, 0.6) is 0 Å². The Kier molecular flexibility index (Phi) is 5.80. The minimum Gasteiger partial charge on any atom is -0.441 e. The van der Waals surface area contributed by atoms with Crippen molar-refractivity contribution >= 4 is 23.8 Å². The largest absolute Gasteiger partial charge is 0.441 e. The van der Waals surface area contributed by atoms with Crippen LogP contribution in [0.1, 0.15) is 49.9 Å². The van der Waals surface area contributed by atoms with E-state index in [2.05, 4.69) is 13.8 Å². The molecule has 5 nitrogen and oxygen atoms in total. The van der Waals surface area contributed by atoms with E-state index in [1.54, 1.807) is 11.8 Å². The molecule has 2 heterocycles. The monoisotopic (exact) mass is 376 g/mol. The van der Waals surface area contributed by atoms with Gasteiger partial charge in [0.2, 0.25) is 0 Å². The molecule has 0 N–H and O–H groups in total. The molecule has 26 heavy (non-hydrogen) atoms. The number of carbonyl (C=O) groups is 2. The molecule has 0 aliphatic carbocycles. The Labute approximate surface area is 160 Å². The first kappa shape index (κ1) is 19.1. The van der Waals surface area contributed by atoms with Gasteiger partial charge in [-0.2, -0.15) is 0 Å². The van der Waals surface area contributed by atoms with Crippen molar-refractivity contribution in [3.05, 3.63) is 29.8 Å². The molecule has 0 aromatic heterocycles. The maximum absolute atomic E-state index is 12.9. The smallest absolute Gasteiger partial charge is 0.410 e.